The molecule has 0 aliphatic rings. The molecular formula is C12H13N3O2. The first-order valence-electron chi connectivity index (χ1n) is 5.33. The molecule has 0 atom stereocenters. The minimum absolute atomic E-state index is 0.136. The minimum atomic E-state index is -0.244. The van der Waals surface area contributed by atoms with Gasteiger partial charge in [0.2, 0.25) is 0 Å². The minimum Gasteiger partial charge on any atom is -0.508 e. The molecule has 2 N–H and O–H groups in total. The number of rotatable bonds is 3. The van der Waals surface area contributed by atoms with E-state index in [0.29, 0.717) is 11.4 Å². The van der Waals surface area contributed by atoms with E-state index in [9.17, 15) is 4.79 Å². The number of phenolic OH excluding ortho intramolecular Hbond substituents is 1. The van der Waals surface area contributed by atoms with Crippen molar-refractivity contribution in [2.24, 2.45) is 0 Å². The maximum Gasteiger partial charge on any atom is 0.256 e. The van der Waals surface area contributed by atoms with Crippen molar-refractivity contribution >= 4 is 11.7 Å². The number of anilines is 1. The Hall–Kier alpha value is -2.30. The molecule has 1 amide bonds. The summed E-state index contributed by atoms with van der Waals surface area (Å²) in [6.45, 7) is 2.73. The zero-order chi connectivity index (χ0) is 12.3. The molecular weight excluding hydrogens is 218 g/mol. The van der Waals surface area contributed by atoms with Gasteiger partial charge in [-0.25, -0.2) is 0 Å². The van der Waals surface area contributed by atoms with Crippen molar-refractivity contribution < 1.29 is 9.90 Å². The van der Waals surface area contributed by atoms with Crippen LogP contribution in [-0.4, -0.2) is 20.8 Å². The standard InChI is InChI=1S/C12H13N3O2/c1-2-15-8-7-11(14-15)13-12(17)9-3-5-10(16)6-4-9/h3-8,16H,2H2,1H3,(H,13,14,17). The number of aryl methyl sites for hydroxylation is 1. The fraction of sp³-hybridized carbons (Fsp3) is 0.167. The Bertz CT molecular complexity index is 517. The number of hydrogen-bond acceptors (Lipinski definition) is 3. The van der Waals surface area contributed by atoms with Gasteiger partial charge >= 0.3 is 0 Å². The molecule has 88 valence electrons. The van der Waals surface area contributed by atoms with Crippen LogP contribution in [0.2, 0.25) is 0 Å². The van der Waals surface area contributed by atoms with Crippen molar-refractivity contribution in [2.75, 3.05) is 5.32 Å². The van der Waals surface area contributed by atoms with Crippen molar-refractivity contribution in [3.8, 4) is 5.75 Å². The van der Waals surface area contributed by atoms with Gasteiger partial charge in [-0.05, 0) is 31.2 Å². The molecule has 1 aromatic heterocycles. The van der Waals surface area contributed by atoms with Gasteiger partial charge in [0, 0.05) is 24.4 Å². The topological polar surface area (TPSA) is 67.2 Å². The third-order valence-electron chi connectivity index (χ3n) is 2.34. The third-order valence-corrected chi connectivity index (χ3v) is 2.34. The number of carbonyl (C=O) groups excluding carboxylic acids is 1. The first-order valence-corrected chi connectivity index (χ1v) is 5.33. The van der Waals surface area contributed by atoms with Crippen LogP contribution in [0.15, 0.2) is 36.5 Å². The van der Waals surface area contributed by atoms with E-state index in [0.717, 1.165) is 6.54 Å². The lowest BCUT2D eigenvalue weighted by molar-refractivity contribution is 0.102. The Morgan fingerprint density at radius 2 is 2.06 bits per heavy atom. The van der Waals surface area contributed by atoms with Crippen molar-refractivity contribution in [1.29, 1.82) is 0 Å². The van der Waals surface area contributed by atoms with Crippen molar-refractivity contribution in [3.63, 3.8) is 0 Å². The molecule has 0 aliphatic carbocycles. The van der Waals surface area contributed by atoms with Gasteiger partial charge in [-0.2, -0.15) is 5.10 Å². The predicted octanol–water partition coefficient (Wildman–Crippen LogP) is 1.86. The SMILES string of the molecule is CCn1ccc(NC(=O)c2ccc(O)cc2)n1. The molecule has 5 heteroatoms. The fourth-order valence-corrected chi connectivity index (χ4v) is 1.41. The summed E-state index contributed by atoms with van der Waals surface area (Å²) in [6, 6.07) is 7.80. The van der Waals surface area contributed by atoms with Crippen LogP contribution in [0.5, 0.6) is 5.75 Å². The van der Waals surface area contributed by atoms with E-state index in [1.54, 1.807) is 29.1 Å². The quantitative estimate of drug-likeness (QED) is 0.847. The van der Waals surface area contributed by atoms with E-state index in [-0.39, 0.29) is 11.7 Å². The van der Waals surface area contributed by atoms with E-state index in [1.165, 1.54) is 12.1 Å². The predicted molar refractivity (Wildman–Crippen MR) is 64.0 cm³/mol. The smallest absolute Gasteiger partial charge is 0.256 e. The number of aromatic hydroxyl groups is 1. The molecule has 0 fully saturated rings. The Kier molecular flexibility index (Phi) is 3.09. The van der Waals surface area contributed by atoms with Crippen LogP contribution in [0, 0.1) is 0 Å². The average Bonchev–Trinajstić information content (AvgIpc) is 2.77. The number of aromatic nitrogens is 2. The molecule has 0 unspecified atom stereocenters. The number of carbonyl (C=O) groups is 1. The van der Waals surface area contributed by atoms with Crippen molar-refractivity contribution in [2.45, 2.75) is 13.5 Å². The number of benzene rings is 1. The number of phenols is 1. The average molecular weight is 231 g/mol. The van der Waals surface area contributed by atoms with Gasteiger partial charge in [0.15, 0.2) is 5.82 Å². The summed E-state index contributed by atoms with van der Waals surface area (Å²) in [5.41, 5.74) is 0.480. The number of amides is 1. The summed E-state index contributed by atoms with van der Waals surface area (Å²) in [6.07, 6.45) is 1.80. The molecule has 17 heavy (non-hydrogen) atoms. The zero-order valence-corrected chi connectivity index (χ0v) is 9.42. The summed E-state index contributed by atoms with van der Waals surface area (Å²) in [5, 5.41) is 15.9. The lowest BCUT2D eigenvalue weighted by Crippen LogP contribution is -2.12. The van der Waals surface area contributed by atoms with Crippen LogP contribution in [0.25, 0.3) is 0 Å². The summed E-state index contributed by atoms with van der Waals surface area (Å²) >= 11 is 0. The highest BCUT2D eigenvalue weighted by Gasteiger charge is 2.07. The van der Waals surface area contributed by atoms with Gasteiger partial charge in [0.25, 0.3) is 5.91 Å². The number of nitrogens with one attached hydrogen (secondary N) is 1. The normalized spacial score (nSPS) is 10.2. The zero-order valence-electron chi connectivity index (χ0n) is 9.42. The molecule has 0 saturated carbocycles. The lowest BCUT2D eigenvalue weighted by Gasteiger charge is -2.02. The molecule has 0 spiro atoms. The largest absolute Gasteiger partial charge is 0.508 e. The molecule has 5 nitrogen and oxygen atoms in total. The molecule has 0 bridgehead atoms. The van der Waals surface area contributed by atoms with Crippen LogP contribution in [0.3, 0.4) is 0 Å². The third kappa shape index (κ3) is 2.63. The van der Waals surface area contributed by atoms with Crippen molar-refractivity contribution in [1.82, 2.24) is 9.78 Å². The second-order valence-corrected chi connectivity index (χ2v) is 3.56. The van der Waals surface area contributed by atoms with Gasteiger partial charge < -0.3 is 10.4 Å². The van der Waals surface area contributed by atoms with Gasteiger partial charge in [-0.15, -0.1) is 0 Å². The van der Waals surface area contributed by atoms with Gasteiger partial charge in [0.1, 0.15) is 5.75 Å². The van der Waals surface area contributed by atoms with Gasteiger partial charge in [-0.1, -0.05) is 0 Å². The summed E-state index contributed by atoms with van der Waals surface area (Å²) in [5.74, 6) is 0.410. The Morgan fingerprint density at radius 1 is 1.35 bits per heavy atom. The maximum absolute atomic E-state index is 11.8. The Labute approximate surface area is 98.7 Å². The fourth-order valence-electron chi connectivity index (χ4n) is 1.41. The molecule has 2 rings (SSSR count). The highest BCUT2D eigenvalue weighted by Crippen LogP contribution is 2.11. The van der Waals surface area contributed by atoms with Crippen LogP contribution in [-0.2, 0) is 6.54 Å². The van der Waals surface area contributed by atoms with E-state index < -0.39 is 0 Å². The van der Waals surface area contributed by atoms with E-state index in [4.69, 9.17) is 5.11 Å². The first-order chi connectivity index (χ1) is 8.19. The second-order valence-electron chi connectivity index (χ2n) is 3.56. The monoisotopic (exact) mass is 231 g/mol. The number of hydrogen-bond donors (Lipinski definition) is 2. The number of nitrogens with zero attached hydrogens (tertiary/aromatic N) is 2. The molecule has 0 radical (unpaired) electrons. The van der Waals surface area contributed by atoms with Crippen LogP contribution in [0.4, 0.5) is 5.82 Å². The van der Waals surface area contributed by atoms with E-state index in [2.05, 4.69) is 10.4 Å². The van der Waals surface area contributed by atoms with Gasteiger partial charge in [0.05, 0.1) is 0 Å². The molecule has 1 heterocycles. The molecule has 0 aliphatic heterocycles. The van der Waals surface area contributed by atoms with E-state index >= 15 is 0 Å². The van der Waals surface area contributed by atoms with E-state index in [1.807, 2.05) is 6.92 Å². The summed E-state index contributed by atoms with van der Waals surface area (Å²) < 4.78 is 1.73. The first kappa shape index (κ1) is 11.2. The summed E-state index contributed by atoms with van der Waals surface area (Å²) in [4.78, 5) is 11.8. The molecule has 2 aromatic rings. The highest BCUT2D eigenvalue weighted by atomic mass is 16.3. The Morgan fingerprint density at radius 3 is 2.65 bits per heavy atom. The Balaban J connectivity index is 2.08. The molecule has 1 aromatic carbocycles. The van der Waals surface area contributed by atoms with Crippen molar-refractivity contribution in [3.05, 3.63) is 42.1 Å². The maximum atomic E-state index is 11.8. The van der Waals surface area contributed by atoms with Crippen LogP contribution in [0.1, 0.15) is 17.3 Å². The summed E-state index contributed by atoms with van der Waals surface area (Å²) in [7, 11) is 0. The van der Waals surface area contributed by atoms with Crippen LogP contribution >= 0.6 is 0 Å². The molecule has 0 saturated heterocycles. The lowest BCUT2D eigenvalue weighted by atomic mass is 10.2. The second kappa shape index (κ2) is 4.69. The van der Waals surface area contributed by atoms with Crippen LogP contribution < -0.4 is 5.32 Å². The van der Waals surface area contributed by atoms with Gasteiger partial charge in [-0.3, -0.25) is 9.48 Å². The highest BCUT2D eigenvalue weighted by molar-refractivity contribution is 6.03.